The average molecular weight is 409 g/mol. The van der Waals surface area contributed by atoms with E-state index in [1.54, 1.807) is 19.2 Å². The predicted octanol–water partition coefficient (Wildman–Crippen LogP) is 2.58. The zero-order chi connectivity index (χ0) is 14.6. The number of hydrogen-bond donors (Lipinski definition) is 2. The van der Waals surface area contributed by atoms with Crippen molar-refractivity contribution in [2.24, 2.45) is 4.99 Å². The molecule has 0 aromatic heterocycles. The molecule has 0 saturated heterocycles. The number of methoxy groups -OCH3 is 1. The molecule has 0 aliphatic rings. The number of ether oxygens (including phenoxy) is 1. The number of rotatable bonds is 8. The van der Waals surface area contributed by atoms with Crippen LogP contribution in [0.3, 0.4) is 0 Å². The van der Waals surface area contributed by atoms with Gasteiger partial charge in [0.05, 0.1) is 0 Å². The van der Waals surface area contributed by atoms with E-state index in [9.17, 15) is 4.39 Å². The lowest BCUT2D eigenvalue weighted by molar-refractivity contribution is 0.197. The fraction of sp³-hybridized carbons (Fsp3) is 0.533. The van der Waals surface area contributed by atoms with E-state index in [1.807, 2.05) is 13.0 Å². The number of nitrogens with one attached hydrogen (secondary N) is 2. The van der Waals surface area contributed by atoms with Gasteiger partial charge >= 0.3 is 0 Å². The second-order valence-corrected chi connectivity index (χ2v) is 4.38. The molecule has 1 rings (SSSR count). The van der Waals surface area contributed by atoms with Gasteiger partial charge in [0.15, 0.2) is 5.96 Å². The average Bonchev–Trinajstić information content (AvgIpc) is 2.45. The van der Waals surface area contributed by atoms with E-state index in [-0.39, 0.29) is 29.8 Å². The van der Waals surface area contributed by atoms with E-state index in [0.717, 1.165) is 24.5 Å². The Bertz CT molecular complexity index is 416. The maximum atomic E-state index is 13.5. The first-order valence-corrected chi connectivity index (χ1v) is 7.02. The molecule has 21 heavy (non-hydrogen) atoms. The third kappa shape index (κ3) is 8.87. The lowest BCUT2D eigenvalue weighted by atomic mass is 10.1. The van der Waals surface area contributed by atoms with Crippen LogP contribution in [0.15, 0.2) is 29.3 Å². The summed E-state index contributed by atoms with van der Waals surface area (Å²) in [6, 6.07) is 6.84. The normalized spacial score (nSPS) is 10.9. The monoisotopic (exact) mass is 409 g/mol. The third-order valence-electron chi connectivity index (χ3n) is 2.77. The Morgan fingerprint density at radius 1 is 1.29 bits per heavy atom. The van der Waals surface area contributed by atoms with Gasteiger partial charge in [-0.05, 0) is 31.4 Å². The summed E-state index contributed by atoms with van der Waals surface area (Å²) in [4.78, 5) is 4.43. The van der Waals surface area contributed by atoms with Crippen molar-refractivity contribution in [3.05, 3.63) is 35.6 Å². The lowest BCUT2D eigenvalue weighted by Crippen LogP contribution is -2.38. The lowest BCUT2D eigenvalue weighted by Gasteiger charge is -2.11. The summed E-state index contributed by atoms with van der Waals surface area (Å²) in [6.45, 7) is 4.89. The molecule has 1 aromatic rings. The summed E-state index contributed by atoms with van der Waals surface area (Å²) in [6.07, 6.45) is 1.52. The molecule has 0 amide bonds. The van der Waals surface area contributed by atoms with Crippen LogP contribution < -0.4 is 10.6 Å². The molecule has 0 radical (unpaired) electrons. The molecule has 0 bridgehead atoms. The highest BCUT2D eigenvalue weighted by atomic mass is 127. The van der Waals surface area contributed by atoms with Crippen LogP contribution in [-0.4, -0.2) is 39.3 Å². The van der Waals surface area contributed by atoms with Crippen LogP contribution in [0, 0.1) is 5.82 Å². The topological polar surface area (TPSA) is 45.7 Å². The molecule has 6 heteroatoms. The molecule has 120 valence electrons. The number of guanidine groups is 1. The maximum Gasteiger partial charge on any atom is 0.191 e. The minimum absolute atomic E-state index is 0. The molecule has 0 fully saturated rings. The van der Waals surface area contributed by atoms with Gasteiger partial charge < -0.3 is 15.4 Å². The molecular formula is C15H25FIN3O. The molecule has 2 N–H and O–H groups in total. The van der Waals surface area contributed by atoms with Crippen LogP contribution in [0.2, 0.25) is 0 Å². The number of hydrogen-bond acceptors (Lipinski definition) is 2. The Hall–Kier alpha value is -0.890. The fourth-order valence-electron chi connectivity index (χ4n) is 1.76. The summed E-state index contributed by atoms with van der Waals surface area (Å²) in [5.74, 6) is 0.608. The highest BCUT2D eigenvalue weighted by Crippen LogP contribution is 2.05. The van der Waals surface area contributed by atoms with E-state index in [4.69, 9.17) is 4.74 Å². The van der Waals surface area contributed by atoms with Gasteiger partial charge in [0.2, 0.25) is 0 Å². The number of nitrogens with zero attached hydrogens (tertiary/aromatic N) is 1. The smallest absolute Gasteiger partial charge is 0.191 e. The summed E-state index contributed by atoms with van der Waals surface area (Å²) >= 11 is 0. The van der Waals surface area contributed by atoms with Gasteiger partial charge in [-0.15, -0.1) is 24.0 Å². The van der Waals surface area contributed by atoms with Gasteiger partial charge in [-0.2, -0.15) is 0 Å². The summed E-state index contributed by atoms with van der Waals surface area (Å²) < 4.78 is 18.4. The zero-order valence-corrected chi connectivity index (χ0v) is 15.0. The van der Waals surface area contributed by atoms with Gasteiger partial charge in [-0.1, -0.05) is 18.2 Å². The zero-order valence-electron chi connectivity index (χ0n) is 12.7. The largest absolute Gasteiger partial charge is 0.385 e. The van der Waals surface area contributed by atoms with E-state index < -0.39 is 0 Å². The van der Waals surface area contributed by atoms with Crippen molar-refractivity contribution >= 4 is 29.9 Å². The number of aliphatic imine (C=N–C) groups is 1. The van der Waals surface area contributed by atoms with Gasteiger partial charge in [0, 0.05) is 33.4 Å². The van der Waals surface area contributed by atoms with Crippen molar-refractivity contribution in [1.29, 1.82) is 0 Å². The first kappa shape index (κ1) is 20.1. The quantitative estimate of drug-likeness (QED) is 0.300. The molecule has 0 heterocycles. The van der Waals surface area contributed by atoms with E-state index in [1.165, 1.54) is 6.07 Å². The molecule has 0 saturated carbocycles. The van der Waals surface area contributed by atoms with Gasteiger partial charge in [-0.25, -0.2) is 4.39 Å². The molecule has 0 spiro atoms. The van der Waals surface area contributed by atoms with Crippen molar-refractivity contribution in [2.45, 2.75) is 19.8 Å². The first-order chi connectivity index (χ1) is 9.77. The van der Waals surface area contributed by atoms with Crippen LogP contribution >= 0.6 is 24.0 Å². The highest BCUT2D eigenvalue weighted by Gasteiger charge is 2.01. The number of halogens is 2. The minimum atomic E-state index is -0.156. The van der Waals surface area contributed by atoms with Crippen molar-refractivity contribution < 1.29 is 9.13 Å². The SMILES string of the molecule is CCNC(=NCCCOC)NCCc1ccccc1F.I. The maximum absolute atomic E-state index is 13.5. The van der Waals surface area contributed by atoms with E-state index in [2.05, 4.69) is 15.6 Å². The summed E-state index contributed by atoms with van der Waals surface area (Å²) in [7, 11) is 1.68. The standard InChI is InChI=1S/C15H24FN3O.HI/c1-3-17-15(18-10-6-12-20-2)19-11-9-13-7-4-5-8-14(13)16;/h4-5,7-8H,3,6,9-12H2,1-2H3,(H2,17,18,19);1H. The van der Waals surface area contributed by atoms with Crippen LogP contribution in [0.25, 0.3) is 0 Å². The number of benzene rings is 1. The van der Waals surface area contributed by atoms with Crippen LogP contribution in [0.4, 0.5) is 4.39 Å². The first-order valence-electron chi connectivity index (χ1n) is 7.02. The molecular weight excluding hydrogens is 384 g/mol. The van der Waals surface area contributed by atoms with Gasteiger partial charge in [0.1, 0.15) is 5.82 Å². The fourth-order valence-corrected chi connectivity index (χ4v) is 1.76. The van der Waals surface area contributed by atoms with Crippen molar-refractivity contribution in [1.82, 2.24) is 10.6 Å². The Balaban J connectivity index is 0.00000400. The summed E-state index contributed by atoms with van der Waals surface area (Å²) in [5, 5.41) is 6.37. The van der Waals surface area contributed by atoms with Crippen LogP contribution in [0.1, 0.15) is 18.9 Å². The van der Waals surface area contributed by atoms with Crippen LogP contribution in [0.5, 0.6) is 0 Å². The van der Waals surface area contributed by atoms with Crippen LogP contribution in [-0.2, 0) is 11.2 Å². The Labute approximate surface area is 143 Å². The second-order valence-electron chi connectivity index (χ2n) is 4.38. The van der Waals surface area contributed by atoms with Gasteiger partial charge in [-0.3, -0.25) is 4.99 Å². The molecule has 1 aromatic carbocycles. The molecule has 0 atom stereocenters. The minimum Gasteiger partial charge on any atom is -0.385 e. The summed E-state index contributed by atoms with van der Waals surface area (Å²) in [5.41, 5.74) is 0.718. The van der Waals surface area contributed by atoms with Crippen molar-refractivity contribution in [2.75, 3.05) is 33.4 Å². The molecule has 0 aliphatic carbocycles. The van der Waals surface area contributed by atoms with Crippen molar-refractivity contribution in [3.63, 3.8) is 0 Å². The second kappa shape index (κ2) is 12.8. The molecule has 0 unspecified atom stereocenters. The Morgan fingerprint density at radius 2 is 2.05 bits per heavy atom. The molecule has 0 aliphatic heterocycles. The van der Waals surface area contributed by atoms with E-state index in [0.29, 0.717) is 26.1 Å². The van der Waals surface area contributed by atoms with Gasteiger partial charge in [0.25, 0.3) is 0 Å². The Morgan fingerprint density at radius 3 is 2.71 bits per heavy atom. The third-order valence-corrected chi connectivity index (χ3v) is 2.77. The highest BCUT2D eigenvalue weighted by molar-refractivity contribution is 14.0. The van der Waals surface area contributed by atoms with E-state index >= 15 is 0 Å². The van der Waals surface area contributed by atoms with Crippen molar-refractivity contribution in [3.8, 4) is 0 Å². The Kier molecular flexibility index (Phi) is 12.3. The molecule has 4 nitrogen and oxygen atoms in total. The predicted molar refractivity (Wildman–Crippen MR) is 96.0 cm³/mol.